The summed E-state index contributed by atoms with van der Waals surface area (Å²) >= 11 is 5.04. The molecule has 1 N–H and O–H groups in total. The van der Waals surface area contributed by atoms with Crippen LogP contribution < -0.4 is 5.56 Å². The van der Waals surface area contributed by atoms with Gasteiger partial charge in [-0.3, -0.25) is 24.2 Å². The average Bonchev–Trinajstić information content (AvgIpc) is 2.50. The Hall–Kier alpha value is -2.60. The van der Waals surface area contributed by atoms with E-state index in [1.807, 2.05) is 0 Å². The molecule has 1 aliphatic heterocycles. The molecule has 1 saturated heterocycles. The van der Waals surface area contributed by atoms with Crippen molar-refractivity contribution in [1.82, 2.24) is 14.8 Å². The van der Waals surface area contributed by atoms with Crippen LogP contribution in [0.25, 0.3) is 0 Å². The van der Waals surface area contributed by atoms with E-state index in [9.17, 15) is 19.2 Å². The molecule has 1 aliphatic rings. The number of esters is 3. The minimum Gasteiger partial charge on any atom is -0.456 e. The fourth-order valence-corrected chi connectivity index (χ4v) is 2.73. The van der Waals surface area contributed by atoms with Crippen molar-refractivity contribution in [2.45, 2.75) is 45.3 Å². The molecule has 0 spiro atoms. The Labute approximate surface area is 152 Å². The smallest absolute Gasteiger partial charge is 0.303 e. The lowest BCUT2D eigenvalue weighted by atomic mass is 10.0. The summed E-state index contributed by atoms with van der Waals surface area (Å²) in [7, 11) is 0. The van der Waals surface area contributed by atoms with Crippen LogP contribution in [-0.4, -0.2) is 57.6 Å². The van der Waals surface area contributed by atoms with E-state index in [4.69, 9.17) is 31.2 Å². The van der Waals surface area contributed by atoms with Crippen molar-refractivity contribution in [1.29, 1.82) is 0 Å². The second-order valence-electron chi connectivity index (χ2n) is 5.40. The fourth-order valence-electron chi connectivity index (χ4n) is 2.48. The molecule has 1 aromatic rings. The minimum absolute atomic E-state index is 0.0906. The van der Waals surface area contributed by atoms with Crippen LogP contribution in [0.1, 0.15) is 27.0 Å². The van der Waals surface area contributed by atoms with E-state index in [-0.39, 0.29) is 11.4 Å². The van der Waals surface area contributed by atoms with Crippen LogP contribution in [0.2, 0.25) is 0 Å². The Balaban J connectivity index is 2.46. The number of nitrogens with zero attached hydrogens (tertiary/aromatic N) is 2. The highest BCUT2D eigenvalue weighted by Crippen LogP contribution is 2.30. The molecule has 12 heteroatoms. The van der Waals surface area contributed by atoms with E-state index >= 15 is 0 Å². The van der Waals surface area contributed by atoms with Gasteiger partial charge in [0.15, 0.2) is 29.3 Å². The second-order valence-corrected chi connectivity index (χ2v) is 5.79. The second kappa shape index (κ2) is 8.19. The third-order valence-electron chi connectivity index (χ3n) is 3.30. The molecular weight excluding hydrogens is 370 g/mol. The van der Waals surface area contributed by atoms with E-state index in [0.29, 0.717) is 0 Å². The Bertz CT molecular complexity index is 819. The largest absolute Gasteiger partial charge is 0.456 e. The molecule has 1 aromatic heterocycles. The maximum Gasteiger partial charge on any atom is 0.303 e. The number of nitrogens with one attached hydrogen (secondary N) is 1. The first-order chi connectivity index (χ1) is 12.2. The third-order valence-corrected chi connectivity index (χ3v) is 3.59. The van der Waals surface area contributed by atoms with Gasteiger partial charge in [-0.25, -0.2) is 4.68 Å². The predicted octanol–water partition coefficient (Wildman–Crippen LogP) is -0.375. The van der Waals surface area contributed by atoms with E-state index in [1.54, 1.807) is 0 Å². The van der Waals surface area contributed by atoms with Gasteiger partial charge in [0.05, 0.1) is 6.61 Å². The van der Waals surface area contributed by atoms with Crippen molar-refractivity contribution in [3.8, 4) is 0 Å². The molecule has 0 aliphatic carbocycles. The number of hydrogen-bond acceptors (Lipinski definition) is 10. The molecule has 2 rings (SSSR count). The highest BCUT2D eigenvalue weighted by molar-refractivity contribution is 7.71. The summed E-state index contributed by atoms with van der Waals surface area (Å²) in [5.41, 5.74) is -0.527. The Morgan fingerprint density at radius 1 is 1.15 bits per heavy atom. The molecule has 11 nitrogen and oxygen atoms in total. The van der Waals surface area contributed by atoms with E-state index in [0.717, 1.165) is 24.7 Å². The Kier molecular flexibility index (Phi) is 6.21. The van der Waals surface area contributed by atoms with Gasteiger partial charge in [0.1, 0.15) is 6.20 Å². The highest BCUT2D eigenvalue weighted by atomic mass is 32.1. The predicted molar refractivity (Wildman–Crippen MR) is 85.3 cm³/mol. The lowest BCUT2D eigenvalue weighted by molar-refractivity contribution is -0.242. The van der Waals surface area contributed by atoms with Crippen LogP contribution in [0.4, 0.5) is 0 Å². The number of carbonyl (C=O) groups is 3. The van der Waals surface area contributed by atoms with Gasteiger partial charge in [0.2, 0.25) is 0 Å². The molecule has 0 bridgehead atoms. The van der Waals surface area contributed by atoms with Gasteiger partial charge in [0.25, 0.3) is 5.56 Å². The molecule has 142 valence electrons. The minimum atomic E-state index is -1.22. The summed E-state index contributed by atoms with van der Waals surface area (Å²) < 4.78 is 22.2. The normalized spacial score (nSPS) is 25.2. The van der Waals surface area contributed by atoms with Crippen LogP contribution in [0.3, 0.4) is 0 Å². The number of rotatable bonds is 4. The highest BCUT2D eigenvalue weighted by Gasteiger charge is 2.48. The fraction of sp³-hybridized carbons (Fsp3) is 0.571. The summed E-state index contributed by atoms with van der Waals surface area (Å²) in [6.45, 7) is 3.31. The summed E-state index contributed by atoms with van der Waals surface area (Å²) in [5, 5.41) is 3.86. The standard InChI is InChI=1S/C14H17N3O8S/c1-6(18)23-9-5-22-13(17-14(26)16-10(21)4-15-17)12(25-8(3)20)11(9)24-7(2)19/h4,9,11-13H,5H2,1-3H3,(H,16,21,26)/t9-,11-,12-,13-/m1/s1. The van der Waals surface area contributed by atoms with E-state index in [1.165, 1.54) is 6.92 Å². The van der Waals surface area contributed by atoms with Crippen LogP contribution in [0.5, 0.6) is 0 Å². The van der Waals surface area contributed by atoms with Crippen LogP contribution in [-0.2, 0) is 33.3 Å². The lowest BCUT2D eigenvalue weighted by Crippen LogP contribution is -2.56. The van der Waals surface area contributed by atoms with Gasteiger partial charge in [-0.1, -0.05) is 0 Å². The van der Waals surface area contributed by atoms with Crippen molar-refractivity contribution < 1.29 is 33.3 Å². The van der Waals surface area contributed by atoms with Gasteiger partial charge < -0.3 is 18.9 Å². The average molecular weight is 387 g/mol. The van der Waals surface area contributed by atoms with Crippen molar-refractivity contribution in [3.63, 3.8) is 0 Å². The number of carbonyl (C=O) groups excluding carboxylic acids is 3. The molecule has 0 radical (unpaired) electrons. The van der Waals surface area contributed by atoms with Crippen molar-refractivity contribution >= 4 is 30.1 Å². The van der Waals surface area contributed by atoms with Crippen LogP contribution in [0.15, 0.2) is 11.0 Å². The monoisotopic (exact) mass is 387 g/mol. The van der Waals surface area contributed by atoms with Gasteiger partial charge in [0, 0.05) is 20.8 Å². The van der Waals surface area contributed by atoms with Crippen molar-refractivity contribution in [2.75, 3.05) is 6.61 Å². The molecule has 0 saturated carbocycles. The van der Waals surface area contributed by atoms with Gasteiger partial charge in [-0.2, -0.15) is 5.10 Å². The topological polar surface area (TPSA) is 139 Å². The molecule has 26 heavy (non-hydrogen) atoms. The summed E-state index contributed by atoms with van der Waals surface area (Å²) in [6.07, 6.45) is -3.54. The molecule has 2 heterocycles. The Morgan fingerprint density at radius 3 is 2.27 bits per heavy atom. The molecule has 0 unspecified atom stereocenters. The number of hydrogen-bond donors (Lipinski definition) is 1. The van der Waals surface area contributed by atoms with Gasteiger partial charge in [-0.15, -0.1) is 0 Å². The number of aromatic nitrogens is 3. The Morgan fingerprint density at radius 2 is 1.73 bits per heavy atom. The first-order valence-electron chi connectivity index (χ1n) is 7.50. The summed E-state index contributed by atoms with van der Waals surface area (Å²) in [4.78, 5) is 48.0. The van der Waals surface area contributed by atoms with Gasteiger partial charge in [-0.05, 0) is 12.2 Å². The van der Waals surface area contributed by atoms with E-state index in [2.05, 4.69) is 10.1 Å². The number of aromatic amines is 1. The molecule has 0 amide bonds. The summed E-state index contributed by atoms with van der Waals surface area (Å²) in [5.74, 6) is -2.00. The first kappa shape index (κ1) is 19.7. The third kappa shape index (κ3) is 4.73. The zero-order valence-corrected chi connectivity index (χ0v) is 15.0. The SMILES string of the molecule is CC(=O)O[C@@H]1[C@H](OC(C)=O)[C@H](OC(C)=O)CO[C@H]1n1ncc(=O)[nH]c1=S. The molecular formula is C14H17N3O8S. The molecule has 0 aromatic carbocycles. The lowest BCUT2D eigenvalue weighted by Gasteiger charge is -2.40. The zero-order chi connectivity index (χ0) is 19.4. The van der Waals surface area contributed by atoms with Crippen molar-refractivity contribution in [2.24, 2.45) is 0 Å². The maximum atomic E-state index is 11.5. The van der Waals surface area contributed by atoms with Crippen LogP contribution in [0, 0.1) is 4.77 Å². The zero-order valence-electron chi connectivity index (χ0n) is 14.2. The number of H-pyrrole nitrogens is 1. The molecule has 1 fully saturated rings. The van der Waals surface area contributed by atoms with Crippen molar-refractivity contribution in [3.05, 3.63) is 21.3 Å². The molecule has 4 atom stereocenters. The van der Waals surface area contributed by atoms with Crippen LogP contribution >= 0.6 is 12.2 Å². The first-order valence-corrected chi connectivity index (χ1v) is 7.91. The quantitative estimate of drug-likeness (QED) is 0.413. The van der Waals surface area contributed by atoms with Gasteiger partial charge >= 0.3 is 17.9 Å². The summed E-state index contributed by atoms with van der Waals surface area (Å²) in [6, 6.07) is 0. The van der Waals surface area contributed by atoms with E-state index < -0.39 is 48.0 Å². The number of ether oxygens (including phenoxy) is 4. The maximum absolute atomic E-state index is 11.5.